The molecule has 1 unspecified atom stereocenters. The van der Waals surface area contributed by atoms with Crippen LogP contribution in [0.5, 0.6) is 0 Å². The van der Waals surface area contributed by atoms with Gasteiger partial charge in [-0.15, -0.1) is 5.92 Å². The van der Waals surface area contributed by atoms with Crippen LogP contribution in [0.1, 0.15) is 19.8 Å². The molecule has 1 rings (SSSR count). The lowest BCUT2D eigenvalue weighted by molar-refractivity contribution is 0.0740. The second-order valence-corrected chi connectivity index (χ2v) is 2.31. The van der Waals surface area contributed by atoms with Gasteiger partial charge in [0.1, 0.15) is 0 Å². The van der Waals surface area contributed by atoms with E-state index in [0.29, 0.717) is 5.92 Å². The number of hydrogen-bond acceptors (Lipinski definition) is 1. The van der Waals surface area contributed by atoms with Crippen molar-refractivity contribution in [1.29, 1.82) is 0 Å². The molecular formula is C8H12O. The molecule has 1 aliphatic heterocycles. The Hall–Kier alpha value is -0.480. The zero-order valence-electron chi connectivity index (χ0n) is 5.81. The Bertz CT molecular complexity index is 123. The SMILES string of the molecule is CC#CC1CCCOC1. The van der Waals surface area contributed by atoms with Crippen LogP contribution in [0, 0.1) is 17.8 Å². The first-order valence-corrected chi connectivity index (χ1v) is 3.43. The first-order chi connectivity index (χ1) is 4.43. The van der Waals surface area contributed by atoms with Gasteiger partial charge in [0.05, 0.1) is 6.61 Å². The van der Waals surface area contributed by atoms with Crippen LogP contribution < -0.4 is 0 Å². The van der Waals surface area contributed by atoms with Crippen molar-refractivity contribution in [3.63, 3.8) is 0 Å². The summed E-state index contributed by atoms with van der Waals surface area (Å²) in [5.74, 6) is 6.53. The highest BCUT2D eigenvalue weighted by molar-refractivity contribution is 5.01. The molecule has 0 amide bonds. The van der Waals surface area contributed by atoms with Crippen LogP contribution in [0.3, 0.4) is 0 Å². The Labute approximate surface area is 56.4 Å². The van der Waals surface area contributed by atoms with Crippen molar-refractivity contribution in [2.45, 2.75) is 19.8 Å². The predicted molar refractivity (Wildman–Crippen MR) is 37.0 cm³/mol. The van der Waals surface area contributed by atoms with Crippen LogP contribution in [0.15, 0.2) is 0 Å². The van der Waals surface area contributed by atoms with Gasteiger partial charge in [-0.2, -0.15) is 0 Å². The molecule has 0 spiro atoms. The number of hydrogen-bond donors (Lipinski definition) is 0. The highest BCUT2D eigenvalue weighted by Crippen LogP contribution is 2.11. The van der Waals surface area contributed by atoms with Gasteiger partial charge in [0, 0.05) is 12.5 Å². The van der Waals surface area contributed by atoms with E-state index >= 15 is 0 Å². The summed E-state index contributed by atoms with van der Waals surface area (Å²) >= 11 is 0. The topological polar surface area (TPSA) is 9.23 Å². The Morgan fingerprint density at radius 1 is 1.56 bits per heavy atom. The van der Waals surface area contributed by atoms with Gasteiger partial charge in [-0.05, 0) is 19.8 Å². The van der Waals surface area contributed by atoms with Gasteiger partial charge in [-0.3, -0.25) is 0 Å². The van der Waals surface area contributed by atoms with Crippen molar-refractivity contribution in [2.24, 2.45) is 5.92 Å². The standard InChI is InChI=1S/C8H12O/c1-2-4-8-5-3-6-9-7-8/h8H,3,5-7H2,1H3. The second kappa shape index (κ2) is 3.53. The molecule has 0 radical (unpaired) electrons. The van der Waals surface area contributed by atoms with E-state index in [-0.39, 0.29) is 0 Å². The van der Waals surface area contributed by atoms with Crippen molar-refractivity contribution in [1.82, 2.24) is 0 Å². The maximum absolute atomic E-state index is 5.23. The fourth-order valence-corrected chi connectivity index (χ4v) is 1.06. The Balaban J connectivity index is 2.28. The fraction of sp³-hybridized carbons (Fsp3) is 0.750. The van der Waals surface area contributed by atoms with Crippen LogP contribution >= 0.6 is 0 Å². The molecule has 0 aromatic rings. The van der Waals surface area contributed by atoms with Gasteiger partial charge in [-0.25, -0.2) is 0 Å². The van der Waals surface area contributed by atoms with Crippen molar-refractivity contribution in [3.8, 4) is 11.8 Å². The van der Waals surface area contributed by atoms with E-state index in [1.165, 1.54) is 12.8 Å². The van der Waals surface area contributed by atoms with Crippen molar-refractivity contribution < 1.29 is 4.74 Å². The Kier molecular flexibility index (Phi) is 2.60. The minimum atomic E-state index is 0.517. The van der Waals surface area contributed by atoms with Crippen molar-refractivity contribution in [3.05, 3.63) is 0 Å². The van der Waals surface area contributed by atoms with Crippen molar-refractivity contribution >= 4 is 0 Å². The van der Waals surface area contributed by atoms with Gasteiger partial charge in [-0.1, -0.05) is 5.92 Å². The molecule has 1 aliphatic rings. The van der Waals surface area contributed by atoms with Crippen molar-refractivity contribution in [2.75, 3.05) is 13.2 Å². The average Bonchev–Trinajstić information content (AvgIpc) is 1.91. The number of rotatable bonds is 0. The third kappa shape index (κ3) is 2.07. The minimum absolute atomic E-state index is 0.517. The van der Waals surface area contributed by atoms with E-state index in [1.807, 2.05) is 6.92 Å². The second-order valence-electron chi connectivity index (χ2n) is 2.31. The lowest BCUT2D eigenvalue weighted by Crippen LogP contribution is -2.15. The molecule has 1 saturated heterocycles. The average molecular weight is 124 g/mol. The van der Waals surface area contributed by atoms with Gasteiger partial charge in [0.25, 0.3) is 0 Å². The lowest BCUT2D eigenvalue weighted by atomic mass is 10.0. The molecule has 0 saturated carbocycles. The molecule has 1 atom stereocenters. The zero-order valence-corrected chi connectivity index (χ0v) is 5.81. The normalized spacial score (nSPS) is 26.6. The summed E-state index contributed by atoms with van der Waals surface area (Å²) in [7, 11) is 0. The van der Waals surface area contributed by atoms with Gasteiger partial charge >= 0.3 is 0 Å². The van der Waals surface area contributed by atoms with E-state index in [0.717, 1.165) is 13.2 Å². The van der Waals surface area contributed by atoms with Crippen LogP contribution in [-0.2, 0) is 4.74 Å². The third-order valence-corrected chi connectivity index (χ3v) is 1.51. The number of ether oxygens (including phenoxy) is 1. The van der Waals surface area contributed by atoms with E-state index in [2.05, 4.69) is 11.8 Å². The van der Waals surface area contributed by atoms with E-state index in [4.69, 9.17) is 4.74 Å². The monoisotopic (exact) mass is 124 g/mol. The maximum Gasteiger partial charge on any atom is 0.0603 e. The predicted octanol–water partition coefficient (Wildman–Crippen LogP) is 1.44. The molecule has 0 bridgehead atoms. The molecule has 1 heterocycles. The Morgan fingerprint density at radius 3 is 3.00 bits per heavy atom. The highest BCUT2D eigenvalue weighted by atomic mass is 16.5. The third-order valence-electron chi connectivity index (χ3n) is 1.51. The summed E-state index contributed by atoms with van der Waals surface area (Å²) in [6, 6.07) is 0. The Morgan fingerprint density at radius 2 is 2.44 bits per heavy atom. The molecule has 0 aromatic heterocycles. The van der Waals surface area contributed by atoms with Crippen LogP contribution in [0.4, 0.5) is 0 Å². The van der Waals surface area contributed by atoms with E-state index < -0.39 is 0 Å². The van der Waals surface area contributed by atoms with Gasteiger partial charge < -0.3 is 4.74 Å². The molecule has 0 aliphatic carbocycles. The molecule has 0 N–H and O–H groups in total. The quantitative estimate of drug-likeness (QED) is 0.444. The molecule has 50 valence electrons. The summed E-state index contributed by atoms with van der Waals surface area (Å²) in [5, 5.41) is 0. The van der Waals surface area contributed by atoms with Gasteiger partial charge in [0.2, 0.25) is 0 Å². The van der Waals surface area contributed by atoms with Crippen LogP contribution in [-0.4, -0.2) is 13.2 Å². The van der Waals surface area contributed by atoms with Crippen LogP contribution in [0.2, 0.25) is 0 Å². The maximum atomic E-state index is 5.23. The molecule has 0 aromatic carbocycles. The molecule has 1 fully saturated rings. The summed E-state index contributed by atoms with van der Waals surface area (Å²) in [4.78, 5) is 0. The first-order valence-electron chi connectivity index (χ1n) is 3.43. The van der Waals surface area contributed by atoms with E-state index in [9.17, 15) is 0 Å². The van der Waals surface area contributed by atoms with Gasteiger partial charge in [0.15, 0.2) is 0 Å². The largest absolute Gasteiger partial charge is 0.380 e. The zero-order chi connectivity index (χ0) is 6.53. The molecule has 1 heteroatoms. The summed E-state index contributed by atoms with van der Waals surface area (Å²) < 4.78 is 5.23. The summed E-state index contributed by atoms with van der Waals surface area (Å²) in [6.45, 7) is 3.66. The highest BCUT2D eigenvalue weighted by Gasteiger charge is 2.09. The van der Waals surface area contributed by atoms with Crippen LogP contribution in [0.25, 0.3) is 0 Å². The fourth-order valence-electron chi connectivity index (χ4n) is 1.06. The smallest absolute Gasteiger partial charge is 0.0603 e. The minimum Gasteiger partial charge on any atom is -0.380 e. The summed E-state index contributed by atoms with van der Waals surface area (Å²) in [5.41, 5.74) is 0. The molecular weight excluding hydrogens is 112 g/mol. The summed E-state index contributed by atoms with van der Waals surface area (Å²) in [6.07, 6.45) is 2.40. The first kappa shape index (κ1) is 6.64. The molecule has 1 nitrogen and oxygen atoms in total. The molecule has 9 heavy (non-hydrogen) atoms. The van der Waals surface area contributed by atoms with E-state index in [1.54, 1.807) is 0 Å². The lowest BCUT2D eigenvalue weighted by Gasteiger charge is -2.16.